The summed E-state index contributed by atoms with van der Waals surface area (Å²) in [6.45, 7) is 2.00. The van der Waals surface area contributed by atoms with Gasteiger partial charge in [0.05, 0.1) is 30.3 Å². The van der Waals surface area contributed by atoms with Crippen molar-refractivity contribution in [2.45, 2.75) is 12.5 Å². The number of piperazine rings is 1. The molecular formula is C18H19N3O4S2. The van der Waals surface area contributed by atoms with Gasteiger partial charge >= 0.3 is 5.97 Å². The zero-order valence-electron chi connectivity index (χ0n) is 14.8. The van der Waals surface area contributed by atoms with Gasteiger partial charge in [0, 0.05) is 19.6 Å². The number of hydrogen-bond donors (Lipinski definition) is 0. The first-order valence-electron chi connectivity index (χ1n) is 8.65. The summed E-state index contributed by atoms with van der Waals surface area (Å²) in [6, 6.07) is 5.21. The Balaban J connectivity index is 1.46. The second-order valence-corrected chi connectivity index (χ2v) is 8.21. The van der Waals surface area contributed by atoms with E-state index < -0.39 is 5.97 Å². The molecule has 2 aliphatic rings. The van der Waals surface area contributed by atoms with Gasteiger partial charge in [-0.1, -0.05) is 0 Å². The average molecular weight is 406 g/mol. The molecule has 0 saturated carbocycles. The average Bonchev–Trinajstić information content (AvgIpc) is 3.41. The summed E-state index contributed by atoms with van der Waals surface area (Å²) >= 11 is 2.90. The normalized spacial score (nSPS) is 21.1. The lowest BCUT2D eigenvalue weighted by Crippen LogP contribution is -2.55. The minimum atomic E-state index is -0.442. The Hall–Kier alpha value is -2.23. The number of carbonyl (C=O) groups excluding carboxylic acids is 3. The molecule has 0 radical (unpaired) electrons. The molecule has 0 unspecified atom stereocenters. The van der Waals surface area contributed by atoms with Crippen LogP contribution in [0, 0.1) is 0 Å². The van der Waals surface area contributed by atoms with Crippen LogP contribution in [0.15, 0.2) is 29.0 Å². The van der Waals surface area contributed by atoms with Crippen molar-refractivity contribution in [1.82, 2.24) is 4.90 Å². The molecule has 1 atom stereocenters. The van der Waals surface area contributed by atoms with Crippen LogP contribution in [-0.4, -0.2) is 62.0 Å². The molecule has 142 valence electrons. The largest absolute Gasteiger partial charge is 0.465 e. The van der Waals surface area contributed by atoms with Crippen LogP contribution in [0.1, 0.15) is 16.8 Å². The summed E-state index contributed by atoms with van der Waals surface area (Å²) in [4.78, 5) is 42.9. The van der Waals surface area contributed by atoms with Crippen molar-refractivity contribution in [3.63, 3.8) is 0 Å². The van der Waals surface area contributed by atoms with Gasteiger partial charge in [-0.25, -0.2) is 4.79 Å². The molecule has 0 bridgehead atoms. The first kappa shape index (κ1) is 18.1. The standard InChI is InChI=1S/C18H19N3O4S2/c1-25-18(24)12-5-10-27-17(12)21-6-4-13(16(21)23)19-7-8-20(14(22)11-19)15-3-2-9-26-15/h2-3,5,9-10,13H,4,6-8,11H2,1H3/t13-/m1/s1. The van der Waals surface area contributed by atoms with Crippen LogP contribution >= 0.6 is 22.7 Å². The summed E-state index contributed by atoms with van der Waals surface area (Å²) < 4.78 is 4.80. The van der Waals surface area contributed by atoms with E-state index in [4.69, 9.17) is 4.74 Å². The number of esters is 1. The van der Waals surface area contributed by atoms with E-state index in [-0.39, 0.29) is 24.4 Å². The minimum absolute atomic E-state index is 0.0151. The van der Waals surface area contributed by atoms with Crippen molar-refractivity contribution >= 4 is 50.5 Å². The topological polar surface area (TPSA) is 70.2 Å². The summed E-state index contributed by atoms with van der Waals surface area (Å²) in [7, 11) is 1.33. The lowest BCUT2D eigenvalue weighted by atomic mass is 10.1. The van der Waals surface area contributed by atoms with Gasteiger partial charge < -0.3 is 14.5 Å². The molecule has 0 aromatic carbocycles. The molecule has 27 heavy (non-hydrogen) atoms. The third-order valence-electron chi connectivity index (χ3n) is 4.94. The van der Waals surface area contributed by atoms with Crippen molar-refractivity contribution in [1.29, 1.82) is 0 Å². The van der Waals surface area contributed by atoms with E-state index in [2.05, 4.69) is 0 Å². The molecule has 4 rings (SSSR count). The minimum Gasteiger partial charge on any atom is -0.465 e. The number of amides is 2. The van der Waals surface area contributed by atoms with E-state index in [1.807, 2.05) is 22.4 Å². The Morgan fingerprint density at radius 3 is 2.67 bits per heavy atom. The maximum Gasteiger partial charge on any atom is 0.340 e. The summed E-state index contributed by atoms with van der Waals surface area (Å²) in [5.41, 5.74) is 0.412. The van der Waals surface area contributed by atoms with Crippen molar-refractivity contribution in [2.24, 2.45) is 0 Å². The monoisotopic (exact) mass is 405 g/mol. The van der Waals surface area contributed by atoms with Crippen molar-refractivity contribution in [3.05, 3.63) is 34.5 Å². The summed E-state index contributed by atoms with van der Waals surface area (Å²) in [6.07, 6.45) is 0.642. The maximum atomic E-state index is 13.0. The highest BCUT2D eigenvalue weighted by Crippen LogP contribution is 2.33. The number of hydrogen-bond acceptors (Lipinski definition) is 7. The van der Waals surface area contributed by atoms with Crippen LogP contribution in [0.25, 0.3) is 0 Å². The molecule has 2 aromatic rings. The highest BCUT2D eigenvalue weighted by atomic mass is 32.1. The Morgan fingerprint density at radius 2 is 1.96 bits per heavy atom. The number of anilines is 2. The van der Waals surface area contributed by atoms with Crippen LogP contribution in [0.5, 0.6) is 0 Å². The lowest BCUT2D eigenvalue weighted by Gasteiger charge is -2.36. The number of carbonyl (C=O) groups is 3. The van der Waals surface area contributed by atoms with Crippen molar-refractivity contribution in [2.75, 3.05) is 43.1 Å². The van der Waals surface area contributed by atoms with E-state index in [0.29, 0.717) is 36.6 Å². The fraction of sp³-hybridized carbons (Fsp3) is 0.389. The second kappa shape index (κ2) is 7.41. The van der Waals surface area contributed by atoms with E-state index in [0.717, 1.165) is 5.00 Å². The van der Waals surface area contributed by atoms with Crippen molar-refractivity contribution < 1.29 is 19.1 Å². The van der Waals surface area contributed by atoms with Gasteiger partial charge in [0.15, 0.2) is 0 Å². The fourth-order valence-electron chi connectivity index (χ4n) is 3.59. The Kier molecular flexibility index (Phi) is 4.98. The van der Waals surface area contributed by atoms with Crippen LogP contribution in [-0.2, 0) is 14.3 Å². The Bertz CT molecular complexity index is 864. The predicted octanol–water partition coefficient (Wildman–Crippen LogP) is 2.05. The van der Waals surface area contributed by atoms with Crippen LogP contribution in [0.2, 0.25) is 0 Å². The number of methoxy groups -OCH3 is 1. The third-order valence-corrected chi connectivity index (χ3v) is 6.76. The van der Waals surface area contributed by atoms with Crippen LogP contribution in [0.4, 0.5) is 10.0 Å². The van der Waals surface area contributed by atoms with E-state index in [9.17, 15) is 14.4 Å². The van der Waals surface area contributed by atoms with Gasteiger partial charge in [0.25, 0.3) is 0 Å². The molecule has 0 spiro atoms. The first-order chi connectivity index (χ1) is 13.1. The lowest BCUT2D eigenvalue weighted by molar-refractivity contribution is -0.126. The van der Waals surface area contributed by atoms with Crippen LogP contribution in [0.3, 0.4) is 0 Å². The SMILES string of the molecule is COC(=O)c1ccsc1N1CC[C@@H](N2CCN(c3cccs3)C(=O)C2)C1=O. The van der Waals surface area contributed by atoms with Gasteiger partial charge in [0.2, 0.25) is 11.8 Å². The third kappa shape index (κ3) is 3.26. The summed E-state index contributed by atoms with van der Waals surface area (Å²) in [5, 5.41) is 5.30. The highest BCUT2D eigenvalue weighted by Gasteiger charge is 2.41. The van der Waals surface area contributed by atoms with Gasteiger partial charge in [-0.2, -0.15) is 0 Å². The molecule has 2 saturated heterocycles. The van der Waals surface area contributed by atoms with Gasteiger partial charge in [0.1, 0.15) is 5.00 Å². The number of rotatable bonds is 4. The fourth-order valence-corrected chi connectivity index (χ4v) is 5.29. The molecular weight excluding hydrogens is 386 g/mol. The molecule has 2 aromatic heterocycles. The highest BCUT2D eigenvalue weighted by molar-refractivity contribution is 7.15. The Morgan fingerprint density at radius 1 is 1.11 bits per heavy atom. The first-order valence-corrected chi connectivity index (χ1v) is 10.4. The molecule has 2 fully saturated rings. The van der Waals surface area contributed by atoms with E-state index >= 15 is 0 Å². The molecule has 0 aliphatic carbocycles. The van der Waals surface area contributed by atoms with Gasteiger partial charge in [-0.15, -0.1) is 22.7 Å². The van der Waals surface area contributed by atoms with Gasteiger partial charge in [-0.3, -0.25) is 14.5 Å². The van der Waals surface area contributed by atoms with E-state index in [1.165, 1.54) is 18.4 Å². The molecule has 2 aliphatic heterocycles. The second-order valence-electron chi connectivity index (χ2n) is 6.39. The van der Waals surface area contributed by atoms with Gasteiger partial charge in [-0.05, 0) is 35.4 Å². The molecule has 2 amide bonds. The van der Waals surface area contributed by atoms with Crippen molar-refractivity contribution in [3.8, 4) is 0 Å². The molecule has 4 heterocycles. The molecule has 7 nitrogen and oxygen atoms in total. The van der Waals surface area contributed by atoms with Crippen LogP contribution < -0.4 is 9.80 Å². The Labute approximate surface area is 164 Å². The number of ether oxygens (including phenoxy) is 1. The predicted molar refractivity (Wildman–Crippen MR) is 105 cm³/mol. The van der Waals surface area contributed by atoms with E-state index in [1.54, 1.807) is 32.6 Å². The quantitative estimate of drug-likeness (QED) is 0.728. The molecule has 9 heteroatoms. The maximum absolute atomic E-state index is 13.0. The zero-order chi connectivity index (χ0) is 19.0. The zero-order valence-corrected chi connectivity index (χ0v) is 16.4. The summed E-state index contributed by atoms with van der Waals surface area (Å²) in [5.74, 6) is -0.483. The molecule has 0 N–H and O–H groups in total. The number of nitrogens with zero attached hydrogens (tertiary/aromatic N) is 3. The smallest absolute Gasteiger partial charge is 0.340 e. The number of thiophene rings is 2.